The molecule has 1 unspecified atom stereocenters. The van der Waals surface area contributed by atoms with Crippen molar-refractivity contribution in [1.29, 1.82) is 0 Å². The highest BCUT2D eigenvalue weighted by atomic mass is 16.4. The molecule has 17 heavy (non-hydrogen) atoms. The maximum Gasteiger partial charge on any atom is 0.335 e. The van der Waals surface area contributed by atoms with E-state index in [0.29, 0.717) is 0 Å². The van der Waals surface area contributed by atoms with Gasteiger partial charge in [0.1, 0.15) is 0 Å². The molecule has 5 nitrogen and oxygen atoms in total. The van der Waals surface area contributed by atoms with Gasteiger partial charge in [-0.1, -0.05) is 6.07 Å². The van der Waals surface area contributed by atoms with Crippen LogP contribution in [0.2, 0.25) is 0 Å². The molecule has 0 aliphatic heterocycles. The second-order valence-electron chi connectivity index (χ2n) is 3.88. The van der Waals surface area contributed by atoms with Crippen LogP contribution in [0.4, 0.5) is 0 Å². The molecular weight excluding hydrogens is 222 g/mol. The number of nitrogens with zero attached hydrogens (tertiary/aromatic N) is 1. The lowest BCUT2D eigenvalue weighted by Gasteiger charge is -2.10. The highest BCUT2D eigenvalue weighted by Gasteiger charge is 2.09. The third kappa shape index (κ3) is 2.30. The molecule has 1 aromatic carbocycles. The van der Waals surface area contributed by atoms with Gasteiger partial charge in [-0.15, -0.1) is 0 Å². The van der Waals surface area contributed by atoms with Crippen molar-refractivity contribution >= 4 is 16.9 Å². The minimum absolute atomic E-state index is 0.205. The summed E-state index contributed by atoms with van der Waals surface area (Å²) in [5, 5.41) is 28.0. The average molecular weight is 235 g/mol. The number of aliphatic hydroxyl groups is 2. The van der Waals surface area contributed by atoms with Gasteiger partial charge in [0, 0.05) is 11.7 Å². The van der Waals surface area contributed by atoms with Crippen molar-refractivity contribution in [2.75, 3.05) is 6.61 Å². The number of hydrogen-bond donors (Lipinski definition) is 3. The van der Waals surface area contributed by atoms with E-state index in [1.165, 1.54) is 6.07 Å². The molecule has 1 heterocycles. The molecule has 0 fully saturated rings. The van der Waals surface area contributed by atoms with Crippen LogP contribution in [0.15, 0.2) is 30.5 Å². The number of benzene rings is 1. The molecule has 0 spiro atoms. The third-order valence-electron chi connectivity index (χ3n) is 2.64. The number of aromatic carboxylic acids is 1. The predicted octanol–water partition coefficient (Wildman–Crippen LogP) is 0.693. The van der Waals surface area contributed by atoms with E-state index < -0.39 is 12.1 Å². The molecule has 0 radical (unpaired) electrons. The average Bonchev–Trinajstić information content (AvgIpc) is 2.71. The van der Waals surface area contributed by atoms with Gasteiger partial charge in [0.2, 0.25) is 0 Å². The van der Waals surface area contributed by atoms with E-state index in [4.69, 9.17) is 10.2 Å². The fourth-order valence-electron chi connectivity index (χ4n) is 1.76. The summed E-state index contributed by atoms with van der Waals surface area (Å²) in [6.45, 7) is -0.0820. The number of aliphatic hydroxyl groups excluding tert-OH is 2. The van der Waals surface area contributed by atoms with E-state index in [-0.39, 0.29) is 18.7 Å². The van der Waals surface area contributed by atoms with Gasteiger partial charge in [0.05, 0.1) is 24.8 Å². The second-order valence-corrected chi connectivity index (χ2v) is 3.88. The van der Waals surface area contributed by atoms with Gasteiger partial charge in [-0.2, -0.15) is 0 Å². The molecular formula is C12H13NO4. The molecule has 5 heteroatoms. The van der Waals surface area contributed by atoms with E-state index in [0.717, 1.165) is 10.9 Å². The van der Waals surface area contributed by atoms with E-state index >= 15 is 0 Å². The Morgan fingerprint density at radius 1 is 1.35 bits per heavy atom. The lowest BCUT2D eigenvalue weighted by Crippen LogP contribution is -2.19. The Morgan fingerprint density at radius 2 is 2.12 bits per heavy atom. The molecule has 0 saturated carbocycles. The largest absolute Gasteiger partial charge is 0.478 e. The van der Waals surface area contributed by atoms with E-state index in [1.54, 1.807) is 22.9 Å². The number of carboxylic acids is 1. The molecule has 2 aromatic rings. The third-order valence-corrected chi connectivity index (χ3v) is 2.64. The van der Waals surface area contributed by atoms with Crippen LogP contribution in [0.1, 0.15) is 10.4 Å². The standard InChI is InChI=1S/C12H13NO4/c14-7-10(15)6-13-4-3-8-1-2-9(12(16)17)5-11(8)13/h1-5,10,14-15H,6-7H2,(H,16,17). The van der Waals surface area contributed by atoms with Gasteiger partial charge in [-0.25, -0.2) is 4.79 Å². The lowest BCUT2D eigenvalue weighted by molar-refractivity contribution is 0.0697. The first-order valence-corrected chi connectivity index (χ1v) is 5.23. The molecule has 90 valence electrons. The number of aromatic nitrogens is 1. The Kier molecular flexibility index (Phi) is 3.12. The Hall–Kier alpha value is -1.85. The van der Waals surface area contributed by atoms with Crippen molar-refractivity contribution in [3.8, 4) is 0 Å². The quantitative estimate of drug-likeness (QED) is 0.728. The number of carboxylic acid groups (broad SMARTS) is 1. The molecule has 0 aliphatic carbocycles. The van der Waals surface area contributed by atoms with E-state index in [2.05, 4.69) is 0 Å². The Labute approximate surface area is 97.5 Å². The fourth-order valence-corrected chi connectivity index (χ4v) is 1.76. The summed E-state index contributed by atoms with van der Waals surface area (Å²) in [5.41, 5.74) is 0.938. The predicted molar refractivity (Wildman–Crippen MR) is 62.0 cm³/mol. The highest BCUT2D eigenvalue weighted by molar-refractivity contribution is 5.93. The van der Waals surface area contributed by atoms with Crippen molar-refractivity contribution in [1.82, 2.24) is 4.57 Å². The lowest BCUT2D eigenvalue weighted by atomic mass is 10.1. The van der Waals surface area contributed by atoms with E-state index in [1.807, 2.05) is 6.07 Å². The summed E-state index contributed by atoms with van der Waals surface area (Å²) in [6, 6.07) is 6.66. The van der Waals surface area contributed by atoms with Crippen LogP contribution >= 0.6 is 0 Å². The number of hydrogen-bond acceptors (Lipinski definition) is 3. The van der Waals surface area contributed by atoms with Crippen LogP contribution in [-0.4, -0.2) is 38.6 Å². The van der Waals surface area contributed by atoms with Crippen molar-refractivity contribution < 1.29 is 20.1 Å². The first-order valence-electron chi connectivity index (χ1n) is 5.23. The molecule has 0 saturated heterocycles. The van der Waals surface area contributed by atoms with Crippen molar-refractivity contribution in [2.24, 2.45) is 0 Å². The maximum atomic E-state index is 10.9. The fraction of sp³-hybridized carbons (Fsp3) is 0.250. The Bertz CT molecular complexity index is 546. The molecule has 0 aliphatic rings. The smallest absolute Gasteiger partial charge is 0.335 e. The van der Waals surface area contributed by atoms with Gasteiger partial charge in [-0.05, 0) is 23.6 Å². The zero-order chi connectivity index (χ0) is 12.4. The first-order chi connectivity index (χ1) is 8.11. The van der Waals surface area contributed by atoms with Gasteiger partial charge in [0.15, 0.2) is 0 Å². The van der Waals surface area contributed by atoms with E-state index in [9.17, 15) is 9.90 Å². The molecule has 2 rings (SSSR count). The van der Waals surface area contributed by atoms with Crippen molar-refractivity contribution in [2.45, 2.75) is 12.6 Å². The Balaban J connectivity index is 2.43. The van der Waals surface area contributed by atoms with Gasteiger partial charge in [0.25, 0.3) is 0 Å². The minimum Gasteiger partial charge on any atom is -0.478 e. The van der Waals surface area contributed by atoms with Crippen LogP contribution in [0.5, 0.6) is 0 Å². The summed E-state index contributed by atoms with van der Waals surface area (Å²) >= 11 is 0. The second kappa shape index (κ2) is 4.57. The molecule has 1 atom stereocenters. The molecule has 3 N–H and O–H groups in total. The summed E-state index contributed by atoms with van der Waals surface area (Å²) in [4.78, 5) is 10.9. The minimum atomic E-state index is -0.984. The van der Waals surface area contributed by atoms with Crippen molar-refractivity contribution in [3.05, 3.63) is 36.0 Å². The normalized spacial score (nSPS) is 12.8. The van der Waals surface area contributed by atoms with Gasteiger partial charge < -0.3 is 19.9 Å². The molecule has 0 bridgehead atoms. The summed E-state index contributed by atoms with van der Waals surface area (Å²) in [7, 11) is 0. The van der Waals surface area contributed by atoms with Crippen LogP contribution in [0, 0.1) is 0 Å². The monoisotopic (exact) mass is 235 g/mol. The number of fused-ring (bicyclic) bond motifs is 1. The van der Waals surface area contributed by atoms with Gasteiger partial charge in [-0.3, -0.25) is 0 Å². The summed E-state index contributed by atoms with van der Waals surface area (Å²) in [5.74, 6) is -0.984. The highest BCUT2D eigenvalue weighted by Crippen LogP contribution is 2.18. The Morgan fingerprint density at radius 3 is 2.76 bits per heavy atom. The van der Waals surface area contributed by atoms with Gasteiger partial charge >= 0.3 is 5.97 Å². The van der Waals surface area contributed by atoms with Crippen LogP contribution in [0.25, 0.3) is 10.9 Å². The zero-order valence-electron chi connectivity index (χ0n) is 9.08. The zero-order valence-corrected chi connectivity index (χ0v) is 9.08. The number of carbonyl (C=O) groups is 1. The van der Waals surface area contributed by atoms with Crippen LogP contribution in [-0.2, 0) is 6.54 Å². The molecule has 1 aromatic heterocycles. The topological polar surface area (TPSA) is 82.7 Å². The molecule has 0 amide bonds. The van der Waals surface area contributed by atoms with Crippen LogP contribution in [0.3, 0.4) is 0 Å². The maximum absolute atomic E-state index is 10.9. The SMILES string of the molecule is O=C(O)c1ccc2ccn(CC(O)CO)c2c1. The number of rotatable bonds is 4. The van der Waals surface area contributed by atoms with Crippen molar-refractivity contribution in [3.63, 3.8) is 0 Å². The van der Waals surface area contributed by atoms with Crippen LogP contribution < -0.4 is 0 Å². The summed E-state index contributed by atoms with van der Waals surface area (Å²) in [6.07, 6.45) is 0.911. The summed E-state index contributed by atoms with van der Waals surface area (Å²) < 4.78 is 1.72. The first kappa shape index (κ1) is 11.6.